The highest BCUT2D eigenvalue weighted by Crippen LogP contribution is 2.20. The number of amides is 1. The van der Waals surface area contributed by atoms with Gasteiger partial charge in [0.15, 0.2) is 6.10 Å². The molecule has 1 amide bonds. The summed E-state index contributed by atoms with van der Waals surface area (Å²) in [4.78, 5) is 23.4. The lowest BCUT2D eigenvalue weighted by Gasteiger charge is -2.13. The van der Waals surface area contributed by atoms with E-state index < -0.39 is 17.9 Å². The Bertz CT molecular complexity index is 517. The third-order valence-electron chi connectivity index (χ3n) is 2.73. The van der Waals surface area contributed by atoms with Crippen molar-refractivity contribution in [2.75, 3.05) is 0 Å². The van der Waals surface area contributed by atoms with Crippen LogP contribution in [0.15, 0.2) is 18.2 Å². The molecule has 0 radical (unpaired) electrons. The van der Waals surface area contributed by atoms with Crippen molar-refractivity contribution in [3.63, 3.8) is 0 Å². The fourth-order valence-corrected chi connectivity index (χ4v) is 1.72. The first-order valence-electron chi connectivity index (χ1n) is 5.94. The van der Waals surface area contributed by atoms with Gasteiger partial charge in [-0.15, -0.1) is 0 Å². The topological polar surface area (TPSA) is 55.4 Å². The SMILES string of the molecule is C[C@H](OC(=O)c1ccc(F)cc1Cl)C(=O)NC1CC1. The fourth-order valence-electron chi connectivity index (χ4n) is 1.48. The lowest BCUT2D eigenvalue weighted by molar-refractivity contribution is -0.129. The molecule has 1 saturated carbocycles. The van der Waals surface area contributed by atoms with Gasteiger partial charge < -0.3 is 10.1 Å². The maximum absolute atomic E-state index is 12.9. The van der Waals surface area contributed by atoms with Crippen molar-refractivity contribution in [1.82, 2.24) is 5.32 Å². The molecular formula is C13H13ClFNO3. The van der Waals surface area contributed by atoms with Gasteiger partial charge in [-0.1, -0.05) is 11.6 Å². The molecule has 0 spiro atoms. The van der Waals surface area contributed by atoms with Gasteiger partial charge in [0.25, 0.3) is 5.91 Å². The van der Waals surface area contributed by atoms with E-state index in [0.717, 1.165) is 25.0 Å². The first-order chi connectivity index (χ1) is 8.97. The van der Waals surface area contributed by atoms with Gasteiger partial charge in [-0.3, -0.25) is 4.79 Å². The summed E-state index contributed by atoms with van der Waals surface area (Å²) in [6.45, 7) is 1.48. The quantitative estimate of drug-likeness (QED) is 0.864. The molecule has 0 heterocycles. The summed E-state index contributed by atoms with van der Waals surface area (Å²) < 4.78 is 17.8. The van der Waals surface area contributed by atoms with Crippen molar-refractivity contribution >= 4 is 23.5 Å². The van der Waals surface area contributed by atoms with Gasteiger partial charge in [-0.2, -0.15) is 0 Å². The normalized spacial score (nSPS) is 15.7. The van der Waals surface area contributed by atoms with Gasteiger partial charge in [0.2, 0.25) is 0 Å². The largest absolute Gasteiger partial charge is 0.449 e. The molecule has 1 aliphatic rings. The minimum absolute atomic E-state index is 0.0362. The van der Waals surface area contributed by atoms with Gasteiger partial charge in [0.1, 0.15) is 5.82 Å². The first-order valence-corrected chi connectivity index (χ1v) is 6.31. The standard InChI is InChI=1S/C13H13ClFNO3/c1-7(12(17)16-9-3-4-9)19-13(18)10-5-2-8(15)6-11(10)14/h2,5-7,9H,3-4H2,1H3,(H,16,17)/t7-/m0/s1. The van der Waals surface area contributed by atoms with Crippen molar-refractivity contribution in [1.29, 1.82) is 0 Å². The average Bonchev–Trinajstić information content (AvgIpc) is 3.12. The Labute approximate surface area is 114 Å². The van der Waals surface area contributed by atoms with E-state index in [1.54, 1.807) is 0 Å². The monoisotopic (exact) mass is 285 g/mol. The number of halogens is 2. The van der Waals surface area contributed by atoms with Gasteiger partial charge in [-0.05, 0) is 38.0 Å². The van der Waals surface area contributed by atoms with E-state index >= 15 is 0 Å². The number of benzene rings is 1. The number of nitrogens with one attached hydrogen (secondary N) is 1. The zero-order chi connectivity index (χ0) is 14.0. The van der Waals surface area contributed by atoms with Gasteiger partial charge in [0, 0.05) is 6.04 Å². The summed E-state index contributed by atoms with van der Waals surface area (Å²) in [5, 5.41) is 2.68. The zero-order valence-electron chi connectivity index (χ0n) is 10.3. The second kappa shape index (κ2) is 5.57. The third kappa shape index (κ3) is 3.67. The zero-order valence-corrected chi connectivity index (χ0v) is 11.0. The Balaban J connectivity index is 1.97. The van der Waals surface area contributed by atoms with E-state index in [9.17, 15) is 14.0 Å². The molecule has 0 bridgehead atoms. The number of rotatable bonds is 4. The summed E-state index contributed by atoms with van der Waals surface area (Å²) in [6, 6.07) is 3.55. The number of hydrogen-bond donors (Lipinski definition) is 1. The van der Waals surface area contributed by atoms with Crippen LogP contribution in [0.2, 0.25) is 5.02 Å². The molecule has 0 aliphatic heterocycles. The molecule has 1 N–H and O–H groups in total. The van der Waals surface area contributed by atoms with Crippen LogP contribution in [-0.4, -0.2) is 24.0 Å². The smallest absolute Gasteiger partial charge is 0.340 e. The number of carbonyl (C=O) groups excluding carboxylic acids is 2. The van der Waals surface area contributed by atoms with Crippen LogP contribution in [-0.2, 0) is 9.53 Å². The number of esters is 1. The summed E-state index contributed by atoms with van der Waals surface area (Å²) >= 11 is 5.74. The highest BCUT2D eigenvalue weighted by atomic mass is 35.5. The lowest BCUT2D eigenvalue weighted by Crippen LogP contribution is -2.37. The molecule has 1 aromatic rings. The van der Waals surface area contributed by atoms with E-state index in [4.69, 9.17) is 16.3 Å². The minimum atomic E-state index is -0.908. The van der Waals surface area contributed by atoms with E-state index in [0.29, 0.717) is 0 Å². The van der Waals surface area contributed by atoms with Crippen LogP contribution in [0.4, 0.5) is 4.39 Å². The summed E-state index contributed by atoms with van der Waals surface area (Å²) in [6.07, 6.45) is 1.00. The van der Waals surface area contributed by atoms with Crippen LogP contribution >= 0.6 is 11.6 Å². The molecule has 2 rings (SSSR count). The summed E-state index contributed by atoms with van der Waals surface area (Å²) in [7, 11) is 0. The molecule has 4 nitrogen and oxygen atoms in total. The van der Waals surface area contributed by atoms with Crippen molar-refractivity contribution < 1.29 is 18.7 Å². The molecule has 0 aromatic heterocycles. The van der Waals surface area contributed by atoms with Crippen molar-refractivity contribution in [2.24, 2.45) is 0 Å². The Hall–Kier alpha value is -1.62. The van der Waals surface area contributed by atoms with Crippen molar-refractivity contribution in [3.05, 3.63) is 34.6 Å². The minimum Gasteiger partial charge on any atom is -0.449 e. The fraction of sp³-hybridized carbons (Fsp3) is 0.385. The molecule has 0 saturated heterocycles. The van der Waals surface area contributed by atoms with Crippen LogP contribution < -0.4 is 5.32 Å². The molecule has 0 unspecified atom stereocenters. The predicted octanol–water partition coefficient (Wildman–Crippen LogP) is 2.30. The molecule has 102 valence electrons. The Morgan fingerprint density at radius 3 is 2.74 bits per heavy atom. The van der Waals surface area contributed by atoms with Crippen LogP contribution in [0.5, 0.6) is 0 Å². The Morgan fingerprint density at radius 1 is 1.47 bits per heavy atom. The molecule has 1 atom stereocenters. The highest BCUT2D eigenvalue weighted by Gasteiger charge is 2.27. The van der Waals surface area contributed by atoms with E-state index in [1.165, 1.54) is 13.0 Å². The summed E-state index contributed by atoms with van der Waals surface area (Å²) in [5.74, 6) is -1.63. The molecule has 1 aromatic carbocycles. The molecule has 19 heavy (non-hydrogen) atoms. The van der Waals surface area contributed by atoms with E-state index in [1.807, 2.05) is 0 Å². The van der Waals surface area contributed by atoms with E-state index in [-0.39, 0.29) is 22.5 Å². The maximum Gasteiger partial charge on any atom is 0.340 e. The highest BCUT2D eigenvalue weighted by molar-refractivity contribution is 6.33. The van der Waals surface area contributed by atoms with Gasteiger partial charge in [-0.25, -0.2) is 9.18 Å². The molecule has 1 aliphatic carbocycles. The lowest BCUT2D eigenvalue weighted by atomic mass is 10.2. The maximum atomic E-state index is 12.9. The number of carbonyl (C=O) groups is 2. The number of ether oxygens (including phenoxy) is 1. The van der Waals surface area contributed by atoms with E-state index in [2.05, 4.69) is 5.32 Å². The molecular weight excluding hydrogens is 273 g/mol. The molecule has 1 fully saturated rings. The second-order valence-electron chi connectivity index (χ2n) is 4.45. The van der Waals surface area contributed by atoms with Crippen LogP contribution in [0.3, 0.4) is 0 Å². The van der Waals surface area contributed by atoms with Crippen molar-refractivity contribution in [3.8, 4) is 0 Å². The van der Waals surface area contributed by atoms with Crippen LogP contribution in [0.1, 0.15) is 30.1 Å². The summed E-state index contributed by atoms with van der Waals surface area (Å²) in [5.41, 5.74) is 0.0362. The first kappa shape index (κ1) is 13.8. The average molecular weight is 286 g/mol. The Kier molecular flexibility index (Phi) is 4.04. The second-order valence-corrected chi connectivity index (χ2v) is 4.86. The van der Waals surface area contributed by atoms with Gasteiger partial charge >= 0.3 is 5.97 Å². The van der Waals surface area contributed by atoms with Gasteiger partial charge in [0.05, 0.1) is 10.6 Å². The Morgan fingerprint density at radius 2 is 2.16 bits per heavy atom. The van der Waals surface area contributed by atoms with Crippen LogP contribution in [0, 0.1) is 5.82 Å². The van der Waals surface area contributed by atoms with Crippen LogP contribution in [0.25, 0.3) is 0 Å². The molecule has 6 heteroatoms. The third-order valence-corrected chi connectivity index (χ3v) is 3.04. The number of hydrogen-bond acceptors (Lipinski definition) is 3. The van der Waals surface area contributed by atoms with Crippen molar-refractivity contribution in [2.45, 2.75) is 31.9 Å². The predicted molar refractivity (Wildman–Crippen MR) is 67.5 cm³/mol.